The van der Waals surface area contributed by atoms with Crippen molar-refractivity contribution in [2.24, 2.45) is 7.05 Å². The zero-order valence-electron chi connectivity index (χ0n) is 10.6. The monoisotopic (exact) mass is 320 g/mol. The lowest BCUT2D eigenvalue weighted by Gasteiger charge is -2.04. The zero-order valence-corrected chi connectivity index (χ0v) is 12.2. The van der Waals surface area contributed by atoms with Crippen LogP contribution in [0.1, 0.15) is 16.1 Å². The Bertz CT molecular complexity index is 632. The van der Waals surface area contributed by atoms with Gasteiger partial charge in [-0.25, -0.2) is 0 Å². The number of nitrogens with zero attached hydrogens (tertiary/aromatic N) is 2. The van der Waals surface area contributed by atoms with Crippen molar-refractivity contribution >= 4 is 27.8 Å². The summed E-state index contributed by atoms with van der Waals surface area (Å²) in [4.78, 5) is 12.0. The van der Waals surface area contributed by atoms with Crippen molar-refractivity contribution in [3.05, 3.63) is 52.3 Å². The van der Waals surface area contributed by atoms with Crippen LogP contribution in [-0.2, 0) is 7.05 Å². The molecular weight excluding hydrogens is 308 g/mol. The highest BCUT2D eigenvalue weighted by Gasteiger charge is 2.07. The number of rotatable bonds is 4. The van der Waals surface area contributed by atoms with E-state index in [1.807, 2.05) is 18.2 Å². The van der Waals surface area contributed by atoms with Crippen LogP contribution in [0.15, 0.2) is 41.0 Å². The number of halogens is 1. The van der Waals surface area contributed by atoms with E-state index in [0.717, 1.165) is 15.8 Å². The van der Waals surface area contributed by atoms with Gasteiger partial charge in [0, 0.05) is 23.3 Å². The lowest BCUT2D eigenvalue weighted by Crippen LogP contribution is -2.03. The summed E-state index contributed by atoms with van der Waals surface area (Å²) in [7, 11) is 3.34. The molecule has 0 fully saturated rings. The van der Waals surface area contributed by atoms with E-state index in [1.165, 1.54) is 6.08 Å². The first kappa shape index (κ1) is 13.5. The van der Waals surface area contributed by atoms with E-state index in [9.17, 15) is 4.79 Å². The molecule has 1 aromatic carbocycles. The highest BCUT2D eigenvalue weighted by Crippen LogP contribution is 2.24. The lowest BCUT2D eigenvalue weighted by molar-refractivity contribution is 0.103. The van der Waals surface area contributed by atoms with Gasteiger partial charge in [-0.15, -0.1) is 0 Å². The minimum atomic E-state index is -0.0953. The van der Waals surface area contributed by atoms with Gasteiger partial charge in [-0.05, 0) is 36.4 Å². The van der Waals surface area contributed by atoms with Gasteiger partial charge in [-0.1, -0.05) is 15.9 Å². The van der Waals surface area contributed by atoms with E-state index in [2.05, 4.69) is 21.0 Å². The molecule has 0 saturated heterocycles. The molecule has 0 atom stereocenters. The van der Waals surface area contributed by atoms with Gasteiger partial charge in [0.15, 0.2) is 0 Å². The molecule has 2 aromatic rings. The highest BCUT2D eigenvalue weighted by atomic mass is 79.9. The molecule has 0 aliphatic rings. The Kier molecular flexibility index (Phi) is 4.16. The third-order valence-corrected chi connectivity index (χ3v) is 3.17. The van der Waals surface area contributed by atoms with Gasteiger partial charge >= 0.3 is 0 Å². The van der Waals surface area contributed by atoms with Crippen molar-refractivity contribution < 1.29 is 9.53 Å². The second-order valence-electron chi connectivity index (χ2n) is 3.92. The third kappa shape index (κ3) is 3.12. The Morgan fingerprint density at radius 2 is 2.21 bits per heavy atom. The number of ether oxygens (including phenoxy) is 1. The maximum Gasteiger partial charge on any atom is 0.203 e. The molecule has 98 valence electrons. The molecule has 1 heterocycles. The predicted molar refractivity (Wildman–Crippen MR) is 77.3 cm³/mol. The van der Waals surface area contributed by atoms with E-state index in [1.54, 1.807) is 37.2 Å². The van der Waals surface area contributed by atoms with E-state index >= 15 is 0 Å². The number of carbonyl (C=O) groups is 1. The van der Waals surface area contributed by atoms with E-state index in [4.69, 9.17) is 4.74 Å². The number of ketones is 1. The van der Waals surface area contributed by atoms with Gasteiger partial charge in [0.1, 0.15) is 11.4 Å². The summed E-state index contributed by atoms with van der Waals surface area (Å²) in [5, 5.41) is 3.97. The van der Waals surface area contributed by atoms with Crippen molar-refractivity contribution in [2.45, 2.75) is 0 Å². The molecule has 0 N–H and O–H groups in total. The lowest BCUT2D eigenvalue weighted by atomic mass is 10.1. The van der Waals surface area contributed by atoms with E-state index in [-0.39, 0.29) is 5.78 Å². The van der Waals surface area contributed by atoms with Crippen molar-refractivity contribution in [1.82, 2.24) is 9.78 Å². The first-order chi connectivity index (χ1) is 9.11. The Labute approximate surface area is 119 Å². The fourth-order valence-electron chi connectivity index (χ4n) is 1.70. The minimum Gasteiger partial charge on any atom is -0.496 e. The van der Waals surface area contributed by atoms with E-state index < -0.39 is 0 Å². The summed E-state index contributed by atoms with van der Waals surface area (Å²) < 4.78 is 7.72. The van der Waals surface area contributed by atoms with Crippen LogP contribution in [-0.4, -0.2) is 22.7 Å². The topological polar surface area (TPSA) is 44.1 Å². The molecular formula is C14H13BrN2O2. The number of carbonyl (C=O) groups excluding carboxylic acids is 1. The molecule has 0 unspecified atom stereocenters. The quantitative estimate of drug-likeness (QED) is 0.642. The SMILES string of the molecule is COc1ccc(Br)cc1/C=C/C(=O)c1ccnn1C. The molecule has 2 rings (SSSR count). The Balaban J connectivity index is 2.26. The number of methoxy groups -OCH3 is 1. The smallest absolute Gasteiger partial charge is 0.203 e. The summed E-state index contributed by atoms with van der Waals surface area (Å²) in [6.45, 7) is 0. The summed E-state index contributed by atoms with van der Waals surface area (Å²) in [6.07, 6.45) is 4.85. The van der Waals surface area contributed by atoms with Crippen LogP contribution in [0.2, 0.25) is 0 Å². The molecule has 4 nitrogen and oxygen atoms in total. The maximum absolute atomic E-state index is 12.0. The van der Waals surface area contributed by atoms with Gasteiger partial charge in [0.25, 0.3) is 0 Å². The standard InChI is InChI=1S/C14H13BrN2O2/c1-17-12(7-8-16-17)13(18)5-3-10-9-11(15)4-6-14(10)19-2/h3-9H,1-2H3/b5-3+. The molecule has 0 aliphatic carbocycles. The van der Waals surface area contributed by atoms with Crippen LogP contribution in [0.3, 0.4) is 0 Å². The fraction of sp³-hybridized carbons (Fsp3) is 0.143. The first-order valence-electron chi connectivity index (χ1n) is 5.66. The van der Waals surface area contributed by atoms with Gasteiger partial charge in [0.2, 0.25) is 5.78 Å². The van der Waals surface area contributed by atoms with Gasteiger partial charge in [-0.3, -0.25) is 9.48 Å². The van der Waals surface area contributed by atoms with Crippen LogP contribution in [0.5, 0.6) is 5.75 Å². The largest absolute Gasteiger partial charge is 0.496 e. The average molecular weight is 321 g/mol. The second kappa shape index (κ2) is 5.84. The maximum atomic E-state index is 12.0. The summed E-state index contributed by atoms with van der Waals surface area (Å²) >= 11 is 3.39. The van der Waals surface area contributed by atoms with Gasteiger partial charge in [0.05, 0.1) is 7.11 Å². The Morgan fingerprint density at radius 1 is 1.42 bits per heavy atom. The van der Waals surface area contributed by atoms with Gasteiger partial charge < -0.3 is 4.74 Å². The molecule has 5 heteroatoms. The van der Waals surface area contributed by atoms with Gasteiger partial charge in [-0.2, -0.15) is 5.10 Å². The molecule has 0 radical (unpaired) electrons. The van der Waals surface area contributed by atoms with Crippen LogP contribution in [0.4, 0.5) is 0 Å². The highest BCUT2D eigenvalue weighted by molar-refractivity contribution is 9.10. The summed E-state index contributed by atoms with van der Waals surface area (Å²) in [5.74, 6) is 0.624. The molecule has 1 aromatic heterocycles. The van der Waals surface area contributed by atoms with E-state index in [0.29, 0.717) is 5.69 Å². The molecule has 0 aliphatic heterocycles. The number of hydrogen-bond donors (Lipinski definition) is 0. The summed E-state index contributed by atoms with van der Waals surface area (Å²) in [5.41, 5.74) is 1.39. The number of aromatic nitrogens is 2. The number of hydrogen-bond acceptors (Lipinski definition) is 3. The van der Waals surface area contributed by atoms with Crippen LogP contribution in [0, 0.1) is 0 Å². The fourth-order valence-corrected chi connectivity index (χ4v) is 2.08. The molecule has 0 amide bonds. The Morgan fingerprint density at radius 3 is 2.84 bits per heavy atom. The zero-order chi connectivity index (χ0) is 13.8. The number of allylic oxidation sites excluding steroid dienone is 1. The average Bonchev–Trinajstić information content (AvgIpc) is 2.82. The number of benzene rings is 1. The van der Waals surface area contributed by atoms with Crippen LogP contribution >= 0.6 is 15.9 Å². The van der Waals surface area contributed by atoms with Crippen molar-refractivity contribution in [3.63, 3.8) is 0 Å². The van der Waals surface area contributed by atoms with Crippen molar-refractivity contribution in [2.75, 3.05) is 7.11 Å². The van der Waals surface area contributed by atoms with Crippen molar-refractivity contribution in [1.29, 1.82) is 0 Å². The summed E-state index contributed by atoms with van der Waals surface area (Å²) in [6, 6.07) is 7.31. The predicted octanol–water partition coefficient (Wildman–Crippen LogP) is 3.09. The molecule has 0 saturated carbocycles. The third-order valence-electron chi connectivity index (χ3n) is 2.68. The van der Waals surface area contributed by atoms with Crippen LogP contribution < -0.4 is 4.74 Å². The normalized spacial score (nSPS) is 10.9. The molecule has 0 bridgehead atoms. The minimum absolute atomic E-state index is 0.0953. The Hall–Kier alpha value is -1.88. The second-order valence-corrected chi connectivity index (χ2v) is 4.84. The first-order valence-corrected chi connectivity index (χ1v) is 6.45. The number of aryl methyl sites for hydroxylation is 1. The molecule has 0 spiro atoms. The van der Waals surface area contributed by atoms with Crippen LogP contribution in [0.25, 0.3) is 6.08 Å². The van der Waals surface area contributed by atoms with Crippen molar-refractivity contribution in [3.8, 4) is 5.75 Å². The molecule has 19 heavy (non-hydrogen) atoms.